The van der Waals surface area contributed by atoms with Gasteiger partial charge >= 0.3 is 0 Å². The van der Waals surface area contributed by atoms with Gasteiger partial charge in [0, 0.05) is 21.9 Å². The molecule has 0 aromatic heterocycles. The van der Waals surface area contributed by atoms with Crippen molar-refractivity contribution in [3.63, 3.8) is 0 Å². The third-order valence-corrected chi connectivity index (χ3v) is 5.16. The van der Waals surface area contributed by atoms with Crippen LogP contribution in [0.15, 0.2) is 53.4 Å². The van der Waals surface area contributed by atoms with Crippen molar-refractivity contribution in [1.82, 2.24) is 5.32 Å². The van der Waals surface area contributed by atoms with Crippen LogP contribution in [0, 0.1) is 0 Å². The quantitative estimate of drug-likeness (QED) is 0.791. The topological polar surface area (TPSA) is 38.3 Å². The highest BCUT2D eigenvalue weighted by atomic mass is 35.5. The zero-order chi connectivity index (χ0) is 17.2. The van der Waals surface area contributed by atoms with E-state index < -0.39 is 0 Å². The lowest BCUT2D eigenvalue weighted by molar-refractivity contribution is -0.119. The van der Waals surface area contributed by atoms with Crippen molar-refractivity contribution in [2.24, 2.45) is 0 Å². The molecule has 0 aliphatic carbocycles. The molecule has 1 N–H and O–H groups in total. The Labute approximate surface area is 151 Å². The molecule has 0 bridgehead atoms. The van der Waals surface area contributed by atoms with Crippen LogP contribution in [-0.4, -0.2) is 17.3 Å². The third-order valence-electron chi connectivity index (χ3n) is 3.90. The maximum atomic E-state index is 12.4. The Kier molecular flexibility index (Phi) is 5.07. The Hall–Kier alpha value is -1.65. The van der Waals surface area contributed by atoms with Crippen LogP contribution in [-0.2, 0) is 4.79 Å². The minimum atomic E-state index is -0.296. The first-order valence-electron chi connectivity index (χ1n) is 7.89. The molecular formula is C19H20ClNO2S. The molecule has 0 fully saturated rings. The third kappa shape index (κ3) is 4.25. The highest BCUT2D eigenvalue weighted by molar-refractivity contribution is 8.00. The lowest BCUT2D eigenvalue weighted by Gasteiger charge is -2.37. The van der Waals surface area contributed by atoms with E-state index in [2.05, 4.69) is 5.32 Å². The Balaban J connectivity index is 1.64. The predicted molar refractivity (Wildman–Crippen MR) is 98.8 cm³/mol. The number of carbonyl (C=O) groups is 1. The molecule has 0 saturated carbocycles. The van der Waals surface area contributed by atoms with Crippen molar-refractivity contribution in [3.8, 4) is 5.75 Å². The minimum Gasteiger partial charge on any atom is -0.487 e. The zero-order valence-electron chi connectivity index (χ0n) is 13.7. The summed E-state index contributed by atoms with van der Waals surface area (Å²) in [6.45, 7) is 4.09. The molecule has 1 amide bonds. The van der Waals surface area contributed by atoms with Gasteiger partial charge in [-0.3, -0.25) is 4.79 Å². The van der Waals surface area contributed by atoms with Crippen molar-refractivity contribution < 1.29 is 9.53 Å². The standard InChI is InChI=1S/C19H20ClNO2S/c1-19(2)11-16(15-5-3-4-6-17(15)23-19)21-18(22)12-24-14-9-7-13(20)8-10-14/h3-10,16H,11-12H2,1-2H3,(H,21,22). The first-order valence-corrected chi connectivity index (χ1v) is 9.25. The van der Waals surface area contributed by atoms with E-state index in [4.69, 9.17) is 16.3 Å². The van der Waals surface area contributed by atoms with E-state index in [-0.39, 0.29) is 17.6 Å². The number of rotatable bonds is 4. The lowest BCUT2D eigenvalue weighted by Crippen LogP contribution is -2.41. The molecule has 0 radical (unpaired) electrons. The van der Waals surface area contributed by atoms with E-state index in [1.807, 2.05) is 62.4 Å². The number of hydrogen-bond acceptors (Lipinski definition) is 3. The van der Waals surface area contributed by atoms with Crippen LogP contribution < -0.4 is 10.1 Å². The van der Waals surface area contributed by atoms with E-state index in [0.29, 0.717) is 10.8 Å². The van der Waals surface area contributed by atoms with Crippen molar-refractivity contribution in [1.29, 1.82) is 0 Å². The molecule has 1 unspecified atom stereocenters. The molecule has 1 atom stereocenters. The van der Waals surface area contributed by atoms with Crippen molar-refractivity contribution >= 4 is 29.3 Å². The number of benzene rings is 2. The second-order valence-corrected chi connectivity index (χ2v) is 7.95. The molecule has 1 heterocycles. The second-order valence-electron chi connectivity index (χ2n) is 6.47. The molecule has 1 aliphatic heterocycles. The Morgan fingerprint density at radius 2 is 1.96 bits per heavy atom. The molecule has 2 aromatic carbocycles. The van der Waals surface area contributed by atoms with E-state index in [9.17, 15) is 4.79 Å². The average molecular weight is 362 g/mol. The maximum Gasteiger partial charge on any atom is 0.230 e. The van der Waals surface area contributed by atoms with Gasteiger partial charge in [0.05, 0.1) is 11.8 Å². The SMILES string of the molecule is CC1(C)CC(NC(=O)CSc2ccc(Cl)cc2)c2ccccc2O1. The molecule has 126 valence electrons. The van der Waals surface area contributed by atoms with Gasteiger partial charge in [-0.2, -0.15) is 0 Å². The second kappa shape index (κ2) is 7.08. The van der Waals surface area contributed by atoms with E-state index in [1.165, 1.54) is 11.8 Å². The van der Waals surface area contributed by atoms with Crippen LogP contribution >= 0.6 is 23.4 Å². The fraction of sp³-hybridized carbons (Fsp3) is 0.316. The average Bonchev–Trinajstić information content (AvgIpc) is 2.53. The predicted octanol–water partition coefficient (Wildman–Crippen LogP) is 4.85. The van der Waals surface area contributed by atoms with Gasteiger partial charge in [0.15, 0.2) is 0 Å². The summed E-state index contributed by atoms with van der Waals surface area (Å²) in [7, 11) is 0. The highest BCUT2D eigenvalue weighted by Crippen LogP contribution is 2.39. The van der Waals surface area contributed by atoms with Crippen molar-refractivity contribution in [3.05, 3.63) is 59.1 Å². The summed E-state index contributed by atoms with van der Waals surface area (Å²) >= 11 is 7.38. The van der Waals surface area contributed by atoms with E-state index >= 15 is 0 Å². The van der Waals surface area contributed by atoms with Crippen LogP contribution in [0.1, 0.15) is 31.9 Å². The molecule has 3 rings (SSSR count). The molecule has 24 heavy (non-hydrogen) atoms. The zero-order valence-corrected chi connectivity index (χ0v) is 15.3. The summed E-state index contributed by atoms with van der Waals surface area (Å²) in [6, 6.07) is 15.4. The number of carbonyl (C=O) groups excluding carboxylic acids is 1. The van der Waals surface area contributed by atoms with Crippen molar-refractivity contribution in [2.75, 3.05) is 5.75 Å². The lowest BCUT2D eigenvalue weighted by atomic mass is 9.90. The summed E-state index contributed by atoms with van der Waals surface area (Å²) in [4.78, 5) is 13.4. The van der Waals surface area contributed by atoms with Gasteiger partial charge in [0.1, 0.15) is 11.4 Å². The fourth-order valence-corrected chi connectivity index (χ4v) is 3.68. The first kappa shape index (κ1) is 17.2. The maximum absolute atomic E-state index is 12.4. The number of thioether (sulfide) groups is 1. The summed E-state index contributed by atoms with van der Waals surface area (Å²) in [5.41, 5.74) is 0.747. The highest BCUT2D eigenvalue weighted by Gasteiger charge is 2.34. The Bertz CT molecular complexity index is 730. The van der Waals surface area contributed by atoms with Gasteiger partial charge in [0.25, 0.3) is 0 Å². The molecule has 5 heteroatoms. The van der Waals surface area contributed by atoms with Gasteiger partial charge in [-0.05, 0) is 44.2 Å². The largest absolute Gasteiger partial charge is 0.487 e. The van der Waals surface area contributed by atoms with Crippen LogP contribution in [0.3, 0.4) is 0 Å². The smallest absolute Gasteiger partial charge is 0.230 e. The number of fused-ring (bicyclic) bond motifs is 1. The van der Waals surface area contributed by atoms with Crippen LogP contribution in [0.5, 0.6) is 5.75 Å². The van der Waals surface area contributed by atoms with Crippen LogP contribution in [0.25, 0.3) is 0 Å². The number of hydrogen-bond donors (Lipinski definition) is 1. The fourth-order valence-electron chi connectivity index (χ4n) is 2.85. The Morgan fingerprint density at radius 3 is 2.71 bits per heavy atom. The van der Waals surface area contributed by atoms with Gasteiger partial charge < -0.3 is 10.1 Å². The summed E-state index contributed by atoms with van der Waals surface area (Å²) in [6.07, 6.45) is 0.751. The number of halogens is 1. The summed E-state index contributed by atoms with van der Waals surface area (Å²) < 4.78 is 6.00. The summed E-state index contributed by atoms with van der Waals surface area (Å²) in [5.74, 6) is 1.25. The Morgan fingerprint density at radius 1 is 1.25 bits per heavy atom. The number of para-hydroxylation sites is 1. The van der Waals surface area contributed by atoms with Gasteiger partial charge in [-0.1, -0.05) is 29.8 Å². The monoisotopic (exact) mass is 361 g/mol. The normalized spacial score (nSPS) is 18.4. The van der Waals surface area contributed by atoms with Gasteiger partial charge in [0.2, 0.25) is 5.91 Å². The first-order chi connectivity index (χ1) is 11.4. The van der Waals surface area contributed by atoms with Crippen LogP contribution in [0.4, 0.5) is 0 Å². The van der Waals surface area contributed by atoms with Gasteiger partial charge in [-0.15, -0.1) is 11.8 Å². The van der Waals surface area contributed by atoms with E-state index in [1.54, 1.807) is 0 Å². The molecule has 0 spiro atoms. The minimum absolute atomic E-state index is 0.0208. The molecule has 3 nitrogen and oxygen atoms in total. The number of nitrogens with one attached hydrogen (secondary N) is 1. The molecular weight excluding hydrogens is 342 g/mol. The van der Waals surface area contributed by atoms with Crippen molar-refractivity contribution in [2.45, 2.75) is 36.8 Å². The van der Waals surface area contributed by atoms with Gasteiger partial charge in [-0.25, -0.2) is 0 Å². The van der Waals surface area contributed by atoms with Crippen LogP contribution in [0.2, 0.25) is 5.02 Å². The molecule has 0 saturated heterocycles. The molecule has 2 aromatic rings. The molecule has 1 aliphatic rings. The number of amides is 1. The number of ether oxygens (including phenoxy) is 1. The van der Waals surface area contributed by atoms with E-state index in [0.717, 1.165) is 22.6 Å². The summed E-state index contributed by atoms with van der Waals surface area (Å²) in [5, 5.41) is 3.85.